The van der Waals surface area contributed by atoms with Gasteiger partial charge < -0.3 is 9.64 Å². The Labute approximate surface area is 163 Å². The average Bonchev–Trinajstić information content (AvgIpc) is 2.93. The van der Waals surface area contributed by atoms with E-state index in [0.717, 1.165) is 77.2 Å². The topological polar surface area (TPSA) is 36.0 Å². The number of benzene rings is 1. The first kappa shape index (κ1) is 18.9. The van der Waals surface area contributed by atoms with Crippen LogP contribution in [0.4, 0.5) is 0 Å². The third-order valence-electron chi connectivity index (χ3n) is 6.54. The molecule has 148 valence electrons. The van der Waals surface area contributed by atoms with Gasteiger partial charge in [-0.15, -0.1) is 0 Å². The quantitative estimate of drug-likeness (QED) is 0.813. The van der Waals surface area contributed by atoms with Crippen LogP contribution in [0.25, 0.3) is 0 Å². The summed E-state index contributed by atoms with van der Waals surface area (Å²) in [4.78, 5) is 18.8. The van der Waals surface area contributed by atoms with Gasteiger partial charge in [-0.2, -0.15) is 0 Å². The zero-order valence-corrected chi connectivity index (χ0v) is 16.6. The molecule has 3 saturated heterocycles. The fraction of sp³-hybridized carbons (Fsp3) is 0.682. The van der Waals surface area contributed by atoms with Crippen LogP contribution >= 0.6 is 0 Å². The zero-order valence-electron chi connectivity index (χ0n) is 16.6. The highest BCUT2D eigenvalue weighted by Gasteiger charge is 2.35. The highest BCUT2D eigenvalue weighted by molar-refractivity contribution is 5.73. The first-order valence-corrected chi connectivity index (χ1v) is 10.5. The molecular weight excluding hydrogens is 338 g/mol. The third kappa shape index (κ3) is 4.89. The van der Waals surface area contributed by atoms with Crippen molar-refractivity contribution < 1.29 is 9.53 Å². The lowest BCUT2D eigenvalue weighted by Gasteiger charge is -2.26. The summed E-state index contributed by atoms with van der Waals surface area (Å²) in [5, 5.41) is 0. The highest BCUT2D eigenvalue weighted by atomic mass is 16.5. The molecule has 2 atom stereocenters. The van der Waals surface area contributed by atoms with Gasteiger partial charge in [0.25, 0.3) is 0 Å². The minimum Gasteiger partial charge on any atom is -0.379 e. The number of likely N-dealkylation sites (tertiary alicyclic amines) is 2. The molecule has 0 bridgehead atoms. The first-order valence-electron chi connectivity index (χ1n) is 10.5. The highest BCUT2D eigenvalue weighted by Crippen LogP contribution is 2.32. The third-order valence-corrected chi connectivity index (χ3v) is 6.54. The molecule has 0 saturated carbocycles. The van der Waals surface area contributed by atoms with Crippen LogP contribution in [0.3, 0.4) is 0 Å². The second-order valence-corrected chi connectivity index (χ2v) is 8.51. The minimum atomic E-state index is 0.240. The lowest BCUT2D eigenvalue weighted by molar-refractivity contribution is -0.128. The molecule has 3 aliphatic rings. The number of hydrogen-bond donors (Lipinski definition) is 0. The maximum absolute atomic E-state index is 11.7. The van der Waals surface area contributed by atoms with Crippen molar-refractivity contribution in [3.05, 3.63) is 35.4 Å². The van der Waals surface area contributed by atoms with Crippen molar-refractivity contribution in [2.45, 2.75) is 32.9 Å². The predicted octanol–water partition coefficient (Wildman–Crippen LogP) is 2.21. The fourth-order valence-electron chi connectivity index (χ4n) is 4.99. The summed E-state index contributed by atoms with van der Waals surface area (Å²) in [6.07, 6.45) is 2.33. The van der Waals surface area contributed by atoms with Gasteiger partial charge in [0, 0.05) is 59.3 Å². The minimum absolute atomic E-state index is 0.240. The molecular formula is C22H33N3O2. The van der Waals surface area contributed by atoms with Crippen LogP contribution in [0.2, 0.25) is 0 Å². The lowest BCUT2D eigenvalue weighted by Crippen LogP contribution is -2.35. The van der Waals surface area contributed by atoms with E-state index >= 15 is 0 Å². The van der Waals surface area contributed by atoms with Crippen LogP contribution in [-0.2, 0) is 22.6 Å². The van der Waals surface area contributed by atoms with Gasteiger partial charge in [-0.05, 0) is 35.8 Å². The second-order valence-electron chi connectivity index (χ2n) is 8.51. The Morgan fingerprint density at radius 1 is 0.963 bits per heavy atom. The molecule has 0 N–H and O–H groups in total. The number of carbonyl (C=O) groups is 1. The molecule has 0 radical (unpaired) electrons. The molecule has 1 amide bonds. The molecule has 0 spiro atoms. The summed E-state index contributed by atoms with van der Waals surface area (Å²) in [5.41, 5.74) is 2.85. The van der Waals surface area contributed by atoms with Gasteiger partial charge >= 0.3 is 0 Å². The molecule has 5 nitrogen and oxygen atoms in total. The fourth-order valence-corrected chi connectivity index (χ4v) is 4.99. The molecule has 4 rings (SSSR count). The smallest absolute Gasteiger partial charge is 0.219 e. The van der Waals surface area contributed by atoms with Crippen molar-refractivity contribution in [2.24, 2.45) is 11.8 Å². The van der Waals surface area contributed by atoms with E-state index in [1.54, 1.807) is 6.92 Å². The first-order chi connectivity index (χ1) is 13.2. The van der Waals surface area contributed by atoms with Crippen molar-refractivity contribution in [2.75, 3.05) is 52.5 Å². The van der Waals surface area contributed by atoms with Crippen LogP contribution in [0.15, 0.2) is 24.3 Å². The Hall–Kier alpha value is -1.43. The van der Waals surface area contributed by atoms with E-state index in [2.05, 4.69) is 34.1 Å². The van der Waals surface area contributed by atoms with E-state index in [1.165, 1.54) is 24.2 Å². The van der Waals surface area contributed by atoms with Gasteiger partial charge in [0.2, 0.25) is 5.91 Å². The Kier molecular flexibility index (Phi) is 6.11. The van der Waals surface area contributed by atoms with E-state index in [1.807, 2.05) is 4.90 Å². The van der Waals surface area contributed by atoms with Gasteiger partial charge in [0.15, 0.2) is 0 Å². The van der Waals surface area contributed by atoms with Crippen LogP contribution in [0.1, 0.15) is 30.9 Å². The molecule has 3 heterocycles. The van der Waals surface area contributed by atoms with E-state index in [4.69, 9.17) is 4.74 Å². The number of carbonyl (C=O) groups excluding carboxylic acids is 1. The summed E-state index contributed by atoms with van der Waals surface area (Å²) in [6, 6.07) is 9.13. The van der Waals surface area contributed by atoms with Crippen LogP contribution in [-0.4, -0.2) is 73.1 Å². The van der Waals surface area contributed by atoms with E-state index in [0.29, 0.717) is 0 Å². The maximum Gasteiger partial charge on any atom is 0.219 e. The molecule has 0 aliphatic carbocycles. The number of fused-ring (bicyclic) bond motifs is 1. The number of ether oxygens (including phenoxy) is 1. The summed E-state index contributed by atoms with van der Waals surface area (Å²) in [6.45, 7) is 11.8. The predicted molar refractivity (Wildman–Crippen MR) is 106 cm³/mol. The molecule has 3 aliphatic heterocycles. The SMILES string of the molecule is CC(=O)N1CC[C@@H]2CN(Cc3cccc(CN4CCOCC4)c3)C[C@@H]2CC1. The summed E-state index contributed by atoms with van der Waals surface area (Å²) in [5.74, 6) is 1.75. The van der Waals surface area contributed by atoms with Crippen LogP contribution in [0.5, 0.6) is 0 Å². The van der Waals surface area contributed by atoms with Crippen molar-refractivity contribution in [3.63, 3.8) is 0 Å². The molecule has 1 aromatic rings. The number of nitrogens with zero attached hydrogens (tertiary/aromatic N) is 3. The lowest BCUT2D eigenvalue weighted by atomic mass is 9.92. The number of rotatable bonds is 4. The van der Waals surface area contributed by atoms with Crippen LogP contribution in [0, 0.1) is 11.8 Å². The monoisotopic (exact) mass is 371 g/mol. The summed E-state index contributed by atoms with van der Waals surface area (Å²) < 4.78 is 5.45. The zero-order chi connectivity index (χ0) is 18.6. The molecule has 1 aromatic carbocycles. The second kappa shape index (κ2) is 8.72. The van der Waals surface area contributed by atoms with Crippen molar-refractivity contribution in [3.8, 4) is 0 Å². The Bertz CT molecular complexity index is 628. The molecule has 3 fully saturated rings. The van der Waals surface area contributed by atoms with E-state index in [-0.39, 0.29) is 5.91 Å². The largest absolute Gasteiger partial charge is 0.379 e. The van der Waals surface area contributed by atoms with Crippen molar-refractivity contribution in [1.82, 2.24) is 14.7 Å². The van der Waals surface area contributed by atoms with Crippen LogP contribution < -0.4 is 0 Å². The average molecular weight is 372 g/mol. The van der Waals surface area contributed by atoms with Crippen molar-refractivity contribution >= 4 is 5.91 Å². The number of hydrogen-bond acceptors (Lipinski definition) is 4. The molecule has 5 heteroatoms. The number of amides is 1. The normalized spacial score (nSPS) is 27.4. The number of morpholine rings is 1. The van der Waals surface area contributed by atoms with Crippen molar-refractivity contribution in [1.29, 1.82) is 0 Å². The molecule has 0 unspecified atom stereocenters. The maximum atomic E-state index is 11.7. The van der Waals surface area contributed by atoms with E-state index < -0.39 is 0 Å². The molecule has 27 heavy (non-hydrogen) atoms. The van der Waals surface area contributed by atoms with Gasteiger partial charge in [-0.1, -0.05) is 24.3 Å². The molecule has 0 aromatic heterocycles. The Morgan fingerprint density at radius 2 is 1.56 bits per heavy atom. The Morgan fingerprint density at radius 3 is 2.15 bits per heavy atom. The van der Waals surface area contributed by atoms with Gasteiger partial charge in [0.05, 0.1) is 13.2 Å². The Balaban J connectivity index is 1.31. The summed E-state index contributed by atoms with van der Waals surface area (Å²) in [7, 11) is 0. The van der Waals surface area contributed by atoms with Gasteiger partial charge in [-0.25, -0.2) is 0 Å². The summed E-state index contributed by atoms with van der Waals surface area (Å²) >= 11 is 0. The van der Waals surface area contributed by atoms with Gasteiger partial charge in [-0.3, -0.25) is 14.6 Å². The standard InChI is InChI=1S/C22H33N3O2/c1-18(26)25-7-5-21-16-24(17-22(21)6-8-25)15-20-4-2-3-19(13-20)14-23-9-11-27-12-10-23/h2-4,13,21-22H,5-12,14-17H2,1H3/t21-,22+. The van der Waals surface area contributed by atoms with Gasteiger partial charge in [0.1, 0.15) is 0 Å². The van der Waals surface area contributed by atoms with E-state index in [9.17, 15) is 4.79 Å².